The average molecular weight is 480 g/mol. The summed E-state index contributed by atoms with van der Waals surface area (Å²) in [5.74, 6) is -0.592. The Labute approximate surface area is 198 Å². The summed E-state index contributed by atoms with van der Waals surface area (Å²) in [6.07, 6.45) is 1.69. The van der Waals surface area contributed by atoms with Crippen molar-refractivity contribution in [3.63, 3.8) is 0 Å². The fourth-order valence-corrected chi connectivity index (χ4v) is 4.58. The molecule has 3 aromatic rings. The van der Waals surface area contributed by atoms with Crippen LogP contribution in [0.3, 0.4) is 0 Å². The summed E-state index contributed by atoms with van der Waals surface area (Å²) in [6.45, 7) is 0.897. The highest BCUT2D eigenvalue weighted by Gasteiger charge is 2.20. The maximum atomic E-state index is 12.6. The predicted octanol–water partition coefficient (Wildman–Crippen LogP) is 3.65. The summed E-state index contributed by atoms with van der Waals surface area (Å²) in [6, 6.07) is 21.3. The van der Waals surface area contributed by atoms with Gasteiger partial charge in [0.25, 0.3) is 11.8 Å². The Kier molecular flexibility index (Phi) is 7.36. The number of amides is 2. The van der Waals surface area contributed by atoms with E-state index in [2.05, 4.69) is 15.4 Å². The molecule has 0 aliphatic carbocycles. The molecule has 3 N–H and O–H groups in total. The van der Waals surface area contributed by atoms with Gasteiger partial charge in [-0.2, -0.15) is 0 Å². The Morgan fingerprint density at radius 1 is 0.794 bits per heavy atom. The second-order valence-electron chi connectivity index (χ2n) is 7.86. The van der Waals surface area contributed by atoms with Gasteiger partial charge in [-0.05, 0) is 73.5 Å². The number of anilines is 2. The van der Waals surface area contributed by atoms with Crippen molar-refractivity contribution >= 4 is 33.2 Å². The third kappa shape index (κ3) is 6.07. The van der Waals surface area contributed by atoms with Crippen molar-refractivity contribution in [1.82, 2.24) is 4.72 Å². The third-order valence-electron chi connectivity index (χ3n) is 5.39. The molecule has 1 aliphatic rings. The number of nitrogens with one attached hydrogen (secondary N) is 3. The number of sulfonamides is 1. The lowest BCUT2D eigenvalue weighted by molar-refractivity contribution is 0.102. The van der Waals surface area contributed by atoms with Crippen molar-refractivity contribution in [1.29, 1.82) is 0 Å². The van der Waals surface area contributed by atoms with E-state index in [1.165, 1.54) is 24.3 Å². The SMILES string of the molecule is O=C(Nc1ccc(C(=O)Nc2ccc(S(=O)(=O)NCC3CCCO3)cc2)cc1)c1ccccc1. The number of hydrogen-bond acceptors (Lipinski definition) is 5. The number of rotatable bonds is 8. The van der Waals surface area contributed by atoms with Crippen LogP contribution in [0.2, 0.25) is 0 Å². The van der Waals surface area contributed by atoms with E-state index >= 15 is 0 Å². The lowest BCUT2D eigenvalue weighted by Crippen LogP contribution is -2.31. The fourth-order valence-electron chi connectivity index (χ4n) is 3.51. The Bertz CT molecular complexity index is 1240. The monoisotopic (exact) mass is 479 g/mol. The van der Waals surface area contributed by atoms with E-state index in [1.54, 1.807) is 48.5 Å². The number of hydrogen-bond donors (Lipinski definition) is 3. The second kappa shape index (κ2) is 10.6. The van der Waals surface area contributed by atoms with E-state index < -0.39 is 10.0 Å². The van der Waals surface area contributed by atoms with Crippen LogP contribution in [-0.2, 0) is 14.8 Å². The molecule has 1 aliphatic heterocycles. The quantitative estimate of drug-likeness (QED) is 0.456. The second-order valence-corrected chi connectivity index (χ2v) is 9.63. The number of carbonyl (C=O) groups excluding carboxylic acids is 2. The largest absolute Gasteiger partial charge is 0.377 e. The van der Waals surface area contributed by atoms with Gasteiger partial charge in [0.15, 0.2) is 0 Å². The van der Waals surface area contributed by atoms with Crippen molar-refractivity contribution in [2.75, 3.05) is 23.8 Å². The zero-order valence-corrected chi connectivity index (χ0v) is 19.2. The van der Waals surface area contributed by atoms with Gasteiger partial charge in [0, 0.05) is 35.7 Å². The molecular weight excluding hydrogens is 454 g/mol. The molecule has 2 amide bonds. The highest BCUT2D eigenvalue weighted by atomic mass is 32.2. The zero-order valence-electron chi connectivity index (χ0n) is 18.4. The van der Waals surface area contributed by atoms with Crippen LogP contribution in [-0.4, -0.2) is 39.5 Å². The Hall–Kier alpha value is -3.53. The van der Waals surface area contributed by atoms with Crippen LogP contribution in [0.4, 0.5) is 11.4 Å². The van der Waals surface area contributed by atoms with Gasteiger partial charge in [-0.1, -0.05) is 18.2 Å². The summed E-state index contributed by atoms with van der Waals surface area (Å²) in [7, 11) is -3.66. The van der Waals surface area contributed by atoms with E-state index in [0.717, 1.165) is 12.8 Å². The molecule has 0 saturated carbocycles. The van der Waals surface area contributed by atoms with Crippen LogP contribution in [0.5, 0.6) is 0 Å². The van der Waals surface area contributed by atoms with Crippen LogP contribution in [0.15, 0.2) is 83.8 Å². The number of benzene rings is 3. The van der Waals surface area contributed by atoms with E-state index in [1.807, 2.05) is 6.07 Å². The molecule has 0 aromatic heterocycles. The number of carbonyl (C=O) groups is 2. The molecule has 1 heterocycles. The van der Waals surface area contributed by atoms with Crippen LogP contribution < -0.4 is 15.4 Å². The van der Waals surface area contributed by atoms with E-state index in [9.17, 15) is 18.0 Å². The lowest BCUT2D eigenvalue weighted by atomic mass is 10.1. The van der Waals surface area contributed by atoms with Crippen molar-refractivity contribution in [2.45, 2.75) is 23.8 Å². The smallest absolute Gasteiger partial charge is 0.255 e. The van der Waals surface area contributed by atoms with Gasteiger partial charge >= 0.3 is 0 Å². The lowest BCUT2D eigenvalue weighted by Gasteiger charge is -2.12. The first-order valence-electron chi connectivity index (χ1n) is 10.9. The Morgan fingerprint density at radius 3 is 1.91 bits per heavy atom. The molecule has 1 fully saturated rings. The highest BCUT2D eigenvalue weighted by Crippen LogP contribution is 2.17. The molecule has 9 heteroatoms. The van der Waals surface area contributed by atoms with Crippen molar-refractivity contribution in [3.8, 4) is 0 Å². The average Bonchev–Trinajstić information content (AvgIpc) is 3.38. The molecule has 1 saturated heterocycles. The first kappa shape index (κ1) is 23.6. The Balaban J connectivity index is 1.32. The number of ether oxygens (including phenoxy) is 1. The van der Waals surface area contributed by atoms with Gasteiger partial charge < -0.3 is 15.4 Å². The molecule has 1 unspecified atom stereocenters. The molecule has 3 aromatic carbocycles. The third-order valence-corrected chi connectivity index (χ3v) is 6.83. The van der Waals surface area contributed by atoms with Gasteiger partial charge in [-0.25, -0.2) is 13.1 Å². The Morgan fingerprint density at radius 2 is 1.35 bits per heavy atom. The topological polar surface area (TPSA) is 114 Å². The van der Waals surface area contributed by atoms with Gasteiger partial charge in [0.2, 0.25) is 10.0 Å². The van der Waals surface area contributed by atoms with Crippen LogP contribution in [0.1, 0.15) is 33.6 Å². The van der Waals surface area contributed by atoms with Crippen LogP contribution in [0.25, 0.3) is 0 Å². The molecule has 176 valence electrons. The standard InChI is InChI=1S/C25H25N3O5S/c29-24(18-5-2-1-3-6-18)27-20-10-8-19(9-11-20)25(30)28-21-12-14-23(15-13-21)34(31,32)26-17-22-7-4-16-33-22/h1-3,5-6,8-15,22,26H,4,7,16-17H2,(H,27,29)(H,28,30). The summed E-state index contributed by atoms with van der Waals surface area (Å²) >= 11 is 0. The summed E-state index contributed by atoms with van der Waals surface area (Å²) in [5.41, 5.74) is 1.96. The first-order valence-corrected chi connectivity index (χ1v) is 12.4. The van der Waals surface area contributed by atoms with Crippen molar-refractivity contribution in [2.24, 2.45) is 0 Å². The maximum absolute atomic E-state index is 12.6. The van der Waals surface area contributed by atoms with Gasteiger partial charge in [0.1, 0.15) is 0 Å². The molecule has 0 spiro atoms. The summed E-state index contributed by atoms with van der Waals surface area (Å²) < 4.78 is 32.9. The van der Waals surface area contributed by atoms with Gasteiger partial charge in [-0.3, -0.25) is 9.59 Å². The van der Waals surface area contributed by atoms with Crippen molar-refractivity contribution < 1.29 is 22.7 Å². The molecule has 34 heavy (non-hydrogen) atoms. The molecule has 0 radical (unpaired) electrons. The predicted molar refractivity (Wildman–Crippen MR) is 129 cm³/mol. The van der Waals surface area contributed by atoms with E-state index in [-0.39, 0.29) is 29.4 Å². The zero-order chi connectivity index (χ0) is 24.0. The maximum Gasteiger partial charge on any atom is 0.255 e. The minimum absolute atomic E-state index is 0.0913. The van der Waals surface area contributed by atoms with Crippen molar-refractivity contribution in [3.05, 3.63) is 90.0 Å². The van der Waals surface area contributed by atoms with Crippen LogP contribution in [0, 0.1) is 0 Å². The van der Waals surface area contributed by atoms with Gasteiger partial charge in [-0.15, -0.1) is 0 Å². The fraction of sp³-hybridized carbons (Fsp3) is 0.200. The first-order chi connectivity index (χ1) is 16.4. The molecule has 8 nitrogen and oxygen atoms in total. The van der Waals surface area contributed by atoms with Crippen LogP contribution >= 0.6 is 0 Å². The summed E-state index contributed by atoms with van der Waals surface area (Å²) in [4.78, 5) is 24.9. The molecule has 4 rings (SSSR count). The van der Waals surface area contributed by atoms with Gasteiger partial charge in [0.05, 0.1) is 11.0 Å². The molecular formula is C25H25N3O5S. The minimum atomic E-state index is -3.66. The van der Waals surface area contributed by atoms with E-state index in [0.29, 0.717) is 29.1 Å². The summed E-state index contributed by atoms with van der Waals surface area (Å²) in [5, 5.41) is 5.52. The molecule has 0 bridgehead atoms. The normalized spacial score (nSPS) is 15.6. The van der Waals surface area contributed by atoms with E-state index in [4.69, 9.17) is 4.74 Å². The minimum Gasteiger partial charge on any atom is -0.377 e. The molecule has 1 atom stereocenters. The highest BCUT2D eigenvalue weighted by molar-refractivity contribution is 7.89.